The first kappa shape index (κ1) is 21.0. The summed E-state index contributed by atoms with van der Waals surface area (Å²) in [5.41, 5.74) is 0. The summed E-state index contributed by atoms with van der Waals surface area (Å²) in [7, 11) is -3.34. The van der Waals surface area contributed by atoms with E-state index in [0.29, 0.717) is 5.92 Å². The van der Waals surface area contributed by atoms with Crippen molar-refractivity contribution in [3.8, 4) is 0 Å². The molecule has 0 N–H and O–H groups in total. The van der Waals surface area contributed by atoms with Gasteiger partial charge in [-0.15, -0.1) is 0 Å². The second-order valence-electron chi connectivity index (χ2n) is 8.35. The summed E-state index contributed by atoms with van der Waals surface area (Å²) >= 11 is 0. The summed E-state index contributed by atoms with van der Waals surface area (Å²) in [6, 6.07) is 0. The van der Waals surface area contributed by atoms with Gasteiger partial charge >= 0.3 is 0 Å². The van der Waals surface area contributed by atoms with E-state index < -0.39 is 10.1 Å². The lowest BCUT2D eigenvalue weighted by Crippen LogP contribution is -2.32. The fourth-order valence-corrected chi connectivity index (χ4v) is 5.88. The van der Waals surface area contributed by atoms with Crippen molar-refractivity contribution < 1.29 is 12.6 Å². The minimum absolute atomic E-state index is 0.113. The minimum Gasteiger partial charge on any atom is -0.267 e. The van der Waals surface area contributed by atoms with Crippen LogP contribution >= 0.6 is 0 Å². The maximum atomic E-state index is 11.5. The first-order valence-electron chi connectivity index (χ1n) is 10.4. The van der Waals surface area contributed by atoms with Crippen molar-refractivity contribution in [3.63, 3.8) is 0 Å². The van der Waals surface area contributed by atoms with Gasteiger partial charge in [-0.3, -0.25) is 4.18 Å². The Labute approximate surface area is 155 Å². The van der Waals surface area contributed by atoms with Crippen molar-refractivity contribution in [2.45, 2.75) is 90.6 Å². The highest BCUT2D eigenvalue weighted by atomic mass is 32.2. The van der Waals surface area contributed by atoms with E-state index in [9.17, 15) is 8.42 Å². The Balaban J connectivity index is 1.73. The molecule has 0 radical (unpaired) electrons. The van der Waals surface area contributed by atoms with Crippen LogP contribution in [-0.2, 0) is 14.3 Å². The second-order valence-corrected chi connectivity index (χ2v) is 9.95. The van der Waals surface area contributed by atoms with E-state index in [1.807, 2.05) is 6.92 Å². The Morgan fingerprint density at radius 3 is 2.04 bits per heavy atom. The third-order valence-corrected chi connectivity index (χ3v) is 7.18. The lowest BCUT2D eigenvalue weighted by atomic mass is 9.68. The monoisotopic (exact) mass is 370 g/mol. The van der Waals surface area contributed by atoms with Crippen molar-refractivity contribution in [1.29, 1.82) is 0 Å². The third kappa shape index (κ3) is 7.05. The molecule has 4 heteroatoms. The SMILES string of the molecule is C/C=C/CCC1CCC([C@H]2CC[C@H](C(CC)OS(C)(=O)=O)CC2)CC1. The van der Waals surface area contributed by atoms with Crippen molar-refractivity contribution in [2.75, 3.05) is 6.26 Å². The molecule has 2 aliphatic carbocycles. The van der Waals surface area contributed by atoms with Crippen LogP contribution in [0, 0.1) is 23.7 Å². The Bertz CT molecular complexity index is 495. The molecule has 1 unspecified atom stereocenters. The maximum absolute atomic E-state index is 11.5. The number of allylic oxidation sites excluding steroid dienone is 2. The van der Waals surface area contributed by atoms with Gasteiger partial charge in [0.05, 0.1) is 12.4 Å². The Morgan fingerprint density at radius 2 is 1.56 bits per heavy atom. The molecule has 3 nitrogen and oxygen atoms in total. The van der Waals surface area contributed by atoms with E-state index in [2.05, 4.69) is 19.1 Å². The van der Waals surface area contributed by atoms with E-state index in [-0.39, 0.29) is 6.10 Å². The highest BCUT2D eigenvalue weighted by molar-refractivity contribution is 7.86. The van der Waals surface area contributed by atoms with Crippen LogP contribution in [-0.4, -0.2) is 20.8 Å². The summed E-state index contributed by atoms with van der Waals surface area (Å²) in [6.07, 6.45) is 19.4. The molecule has 0 aromatic carbocycles. The summed E-state index contributed by atoms with van der Waals surface area (Å²) in [5, 5.41) is 0. The first-order valence-corrected chi connectivity index (χ1v) is 12.2. The van der Waals surface area contributed by atoms with Crippen molar-refractivity contribution in [1.82, 2.24) is 0 Å². The maximum Gasteiger partial charge on any atom is 0.264 e. The summed E-state index contributed by atoms with van der Waals surface area (Å²) in [6.45, 7) is 4.15. The molecule has 2 rings (SSSR count). The molecular weight excluding hydrogens is 332 g/mol. The Kier molecular flexibility index (Phi) is 8.47. The molecule has 0 heterocycles. The molecule has 0 bridgehead atoms. The molecule has 2 fully saturated rings. The van der Waals surface area contributed by atoms with E-state index in [1.165, 1.54) is 57.6 Å². The smallest absolute Gasteiger partial charge is 0.264 e. The van der Waals surface area contributed by atoms with E-state index in [0.717, 1.165) is 37.0 Å². The second kappa shape index (κ2) is 10.1. The van der Waals surface area contributed by atoms with E-state index in [1.54, 1.807) is 0 Å². The predicted octanol–water partition coefficient (Wildman–Crippen LogP) is 5.71. The Morgan fingerprint density at radius 1 is 1.00 bits per heavy atom. The molecule has 146 valence electrons. The van der Waals surface area contributed by atoms with Gasteiger partial charge in [-0.05, 0) is 88.4 Å². The van der Waals surface area contributed by atoms with Gasteiger partial charge in [0.25, 0.3) is 10.1 Å². The molecule has 2 saturated carbocycles. The van der Waals surface area contributed by atoms with Crippen LogP contribution in [0.1, 0.15) is 84.5 Å². The topological polar surface area (TPSA) is 43.4 Å². The average molecular weight is 371 g/mol. The zero-order chi connectivity index (χ0) is 18.3. The fourth-order valence-electron chi connectivity index (χ4n) is 5.14. The highest BCUT2D eigenvalue weighted by Crippen LogP contribution is 2.43. The van der Waals surface area contributed by atoms with Crippen LogP contribution < -0.4 is 0 Å². The lowest BCUT2D eigenvalue weighted by molar-refractivity contribution is 0.0750. The lowest BCUT2D eigenvalue weighted by Gasteiger charge is -2.39. The van der Waals surface area contributed by atoms with Gasteiger partial charge in [0.1, 0.15) is 0 Å². The van der Waals surface area contributed by atoms with Crippen LogP contribution in [0.25, 0.3) is 0 Å². The minimum atomic E-state index is -3.34. The molecule has 0 aromatic heterocycles. The van der Waals surface area contributed by atoms with Crippen molar-refractivity contribution in [3.05, 3.63) is 12.2 Å². The van der Waals surface area contributed by atoms with Crippen molar-refractivity contribution in [2.24, 2.45) is 23.7 Å². The number of hydrogen-bond acceptors (Lipinski definition) is 3. The normalized spacial score (nSPS) is 32.8. The molecule has 0 spiro atoms. The van der Waals surface area contributed by atoms with Gasteiger partial charge in [-0.1, -0.05) is 31.9 Å². The quantitative estimate of drug-likeness (QED) is 0.406. The molecule has 0 saturated heterocycles. The van der Waals surface area contributed by atoms with Crippen molar-refractivity contribution >= 4 is 10.1 Å². The zero-order valence-electron chi connectivity index (χ0n) is 16.5. The van der Waals surface area contributed by atoms with Gasteiger partial charge in [0.15, 0.2) is 0 Å². The summed E-state index contributed by atoms with van der Waals surface area (Å²) in [5.74, 6) is 3.14. The summed E-state index contributed by atoms with van der Waals surface area (Å²) < 4.78 is 28.2. The molecule has 2 aliphatic rings. The highest BCUT2D eigenvalue weighted by Gasteiger charge is 2.34. The largest absolute Gasteiger partial charge is 0.267 e. The molecule has 0 aliphatic heterocycles. The number of rotatable bonds is 8. The molecule has 0 aromatic rings. The standard InChI is InChI=1S/C21H38O3S/c1-4-6-7-8-17-9-11-18(12-10-17)19-13-15-20(16-14-19)21(5-2)24-25(3,22)23/h4,6,17-21H,5,7-16H2,1-3H3/b6-4+/t17?,18?,19-,20-,21?. The molecule has 1 atom stereocenters. The molecular formula is C21H38O3S. The van der Waals surface area contributed by atoms with Gasteiger partial charge in [-0.2, -0.15) is 8.42 Å². The zero-order valence-corrected chi connectivity index (χ0v) is 17.3. The van der Waals surface area contributed by atoms with Crippen LogP contribution in [0.3, 0.4) is 0 Å². The number of hydrogen-bond donors (Lipinski definition) is 0. The molecule has 0 amide bonds. The predicted molar refractivity (Wildman–Crippen MR) is 105 cm³/mol. The Hall–Kier alpha value is -0.350. The van der Waals surface area contributed by atoms with Crippen LogP contribution in [0.2, 0.25) is 0 Å². The van der Waals surface area contributed by atoms with Gasteiger partial charge in [-0.25, -0.2) is 0 Å². The van der Waals surface area contributed by atoms with Crippen LogP contribution in [0.4, 0.5) is 0 Å². The van der Waals surface area contributed by atoms with Crippen LogP contribution in [0.5, 0.6) is 0 Å². The first-order chi connectivity index (χ1) is 11.9. The third-order valence-electron chi connectivity index (χ3n) is 6.58. The van der Waals surface area contributed by atoms with Crippen LogP contribution in [0.15, 0.2) is 12.2 Å². The van der Waals surface area contributed by atoms with Gasteiger partial charge in [0.2, 0.25) is 0 Å². The molecule has 25 heavy (non-hydrogen) atoms. The fraction of sp³-hybridized carbons (Fsp3) is 0.905. The van der Waals surface area contributed by atoms with E-state index >= 15 is 0 Å². The van der Waals surface area contributed by atoms with Gasteiger partial charge < -0.3 is 0 Å². The summed E-state index contributed by atoms with van der Waals surface area (Å²) in [4.78, 5) is 0. The van der Waals surface area contributed by atoms with E-state index in [4.69, 9.17) is 4.18 Å². The van der Waals surface area contributed by atoms with Gasteiger partial charge in [0, 0.05) is 0 Å². The average Bonchev–Trinajstić information content (AvgIpc) is 2.60.